The number of thioether (sulfide) groups is 1. The fraction of sp³-hybridized carbons (Fsp3) is 0.391. The van der Waals surface area contributed by atoms with Gasteiger partial charge in [-0.3, -0.25) is 14.2 Å². The highest BCUT2D eigenvalue weighted by atomic mass is 32.2. The number of carbonyl (C=O) groups excluding carboxylic acids is 2. The molecule has 1 aromatic carbocycles. The molecule has 2 amide bonds. The van der Waals surface area contributed by atoms with Crippen LogP contribution in [0.15, 0.2) is 35.5 Å². The number of amides is 2. The molecule has 0 unspecified atom stereocenters. The molecule has 1 atom stereocenters. The molecule has 3 aromatic rings. The third-order valence-electron chi connectivity index (χ3n) is 5.91. The lowest BCUT2D eigenvalue weighted by Crippen LogP contribution is -2.20. The van der Waals surface area contributed by atoms with Crippen LogP contribution in [0, 0.1) is 0 Å². The van der Waals surface area contributed by atoms with Crippen LogP contribution < -0.4 is 11.1 Å². The Hall–Kier alpha value is -2.69. The van der Waals surface area contributed by atoms with Crippen molar-refractivity contribution in [2.24, 2.45) is 5.73 Å². The maximum atomic E-state index is 12.8. The first kappa shape index (κ1) is 22.1. The molecule has 8 nitrogen and oxygen atoms in total. The average molecular weight is 484 g/mol. The molecule has 5 rings (SSSR count). The van der Waals surface area contributed by atoms with Crippen molar-refractivity contribution in [3.8, 4) is 11.4 Å². The van der Waals surface area contributed by atoms with Gasteiger partial charge < -0.3 is 15.8 Å². The summed E-state index contributed by atoms with van der Waals surface area (Å²) in [7, 11) is 0. The zero-order valence-corrected chi connectivity index (χ0v) is 19.7. The number of rotatable bonds is 8. The fourth-order valence-electron chi connectivity index (χ4n) is 4.40. The van der Waals surface area contributed by atoms with E-state index in [1.54, 1.807) is 0 Å². The van der Waals surface area contributed by atoms with E-state index in [4.69, 9.17) is 10.5 Å². The molecule has 0 saturated carbocycles. The quantitative estimate of drug-likeness (QED) is 0.474. The van der Waals surface area contributed by atoms with Gasteiger partial charge in [0.2, 0.25) is 5.91 Å². The highest BCUT2D eigenvalue weighted by molar-refractivity contribution is 7.99. The largest absolute Gasteiger partial charge is 0.376 e. The summed E-state index contributed by atoms with van der Waals surface area (Å²) < 4.78 is 7.87. The van der Waals surface area contributed by atoms with E-state index in [0.29, 0.717) is 22.3 Å². The molecule has 1 saturated heterocycles. The van der Waals surface area contributed by atoms with E-state index in [1.807, 2.05) is 34.9 Å². The first-order valence-corrected chi connectivity index (χ1v) is 12.9. The van der Waals surface area contributed by atoms with Crippen LogP contribution in [0.1, 0.15) is 40.1 Å². The van der Waals surface area contributed by atoms with Crippen molar-refractivity contribution in [3.63, 3.8) is 0 Å². The molecule has 2 aliphatic rings. The molecule has 3 N–H and O–H groups in total. The number of hydrogen-bond donors (Lipinski definition) is 2. The minimum Gasteiger partial charge on any atom is -0.376 e. The number of anilines is 1. The van der Waals surface area contributed by atoms with Gasteiger partial charge in [-0.15, -0.1) is 21.5 Å². The molecule has 1 aliphatic heterocycles. The fourth-order valence-corrected chi connectivity index (χ4v) is 6.46. The first-order valence-electron chi connectivity index (χ1n) is 11.1. The number of carbonyl (C=O) groups is 2. The van der Waals surface area contributed by atoms with Crippen molar-refractivity contribution in [3.05, 3.63) is 46.3 Å². The van der Waals surface area contributed by atoms with Crippen LogP contribution >= 0.6 is 23.1 Å². The van der Waals surface area contributed by atoms with E-state index in [1.165, 1.54) is 23.1 Å². The Bertz CT molecular complexity index is 1170. The Balaban J connectivity index is 1.32. The van der Waals surface area contributed by atoms with Crippen LogP contribution in [0.2, 0.25) is 0 Å². The maximum Gasteiger partial charge on any atom is 0.251 e. The minimum absolute atomic E-state index is 0.114. The second-order valence-corrected chi connectivity index (χ2v) is 10.2. The molecule has 10 heteroatoms. The summed E-state index contributed by atoms with van der Waals surface area (Å²) in [5.41, 5.74) is 8.05. The number of primary amides is 1. The Morgan fingerprint density at radius 2 is 2.06 bits per heavy atom. The van der Waals surface area contributed by atoms with Crippen LogP contribution in [0.25, 0.3) is 11.4 Å². The monoisotopic (exact) mass is 483 g/mol. The number of hydrogen-bond acceptors (Lipinski definition) is 7. The summed E-state index contributed by atoms with van der Waals surface area (Å²) >= 11 is 2.79. The topological polar surface area (TPSA) is 112 Å². The van der Waals surface area contributed by atoms with Gasteiger partial charge in [-0.1, -0.05) is 42.1 Å². The number of aromatic nitrogens is 3. The van der Waals surface area contributed by atoms with Crippen LogP contribution in [0.5, 0.6) is 0 Å². The predicted molar refractivity (Wildman–Crippen MR) is 129 cm³/mol. The van der Waals surface area contributed by atoms with Gasteiger partial charge in [0.05, 0.1) is 24.0 Å². The van der Waals surface area contributed by atoms with Crippen molar-refractivity contribution in [1.82, 2.24) is 14.8 Å². The summed E-state index contributed by atoms with van der Waals surface area (Å²) in [5, 5.41) is 12.9. The average Bonchev–Trinajstić information content (AvgIpc) is 3.58. The Kier molecular flexibility index (Phi) is 6.48. The van der Waals surface area contributed by atoms with Crippen molar-refractivity contribution in [1.29, 1.82) is 0 Å². The molecule has 0 bridgehead atoms. The second-order valence-electron chi connectivity index (χ2n) is 8.18. The third kappa shape index (κ3) is 4.68. The van der Waals surface area contributed by atoms with E-state index in [9.17, 15) is 9.59 Å². The van der Waals surface area contributed by atoms with Gasteiger partial charge in [0.25, 0.3) is 5.91 Å². The van der Waals surface area contributed by atoms with Crippen LogP contribution in [0.4, 0.5) is 5.00 Å². The Morgan fingerprint density at radius 3 is 2.82 bits per heavy atom. The van der Waals surface area contributed by atoms with Crippen molar-refractivity contribution in [2.45, 2.75) is 49.9 Å². The molecule has 2 aromatic heterocycles. The summed E-state index contributed by atoms with van der Waals surface area (Å²) in [5.74, 6) is 0.232. The van der Waals surface area contributed by atoms with Gasteiger partial charge in [-0.2, -0.15) is 0 Å². The lowest BCUT2D eigenvalue weighted by molar-refractivity contribution is -0.113. The molecule has 0 radical (unpaired) electrons. The molecular weight excluding hydrogens is 458 g/mol. The molecule has 33 heavy (non-hydrogen) atoms. The normalized spacial score (nSPS) is 17.3. The standard InChI is InChI=1S/C23H25N5O3S2/c24-20(30)19-16-9-4-10-17(16)33-22(19)25-18(29)13-32-23-27-26-21(14-6-2-1-3-7-14)28(23)12-15-8-5-11-31-15/h1-3,6-7,15H,4-5,8-13H2,(H2,24,30)(H,25,29)/t15-/m1/s1. The molecule has 172 valence electrons. The van der Waals surface area contributed by atoms with Gasteiger partial charge in [0.1, 0.15) is 5.00 Å². The van der Waals surface area contributed by atoms with E-state index < -0.39 is 5.91 Å². The molecular formula is C23H25N5O3S2. The van der Waals surface area contributed by atoms with Crippen LogP contribution in [-0.4, -0.2) is 45.0 Å². The zero-order valence-electron chi connectivity index (χ0n) is 18.1. The number of aryl methyl sites for hydroxylation is 1. The van der Waals surface area contributed by atoms with Gasteiger partial charge in [0.15, 0.2) is 11.0 Å². The zero-order chi connectivity index (χ0) is 22.8. The van der Waals surface area contributed by atoms with E-state index in [2.05, 4.69) is 15.5 Å². The number of benzene rings is 1. The maximum absolute atomic E-state index is 12.8. The molecule has 0 spiro atoms. The van der Waals surface area contributed by atoms with Crippen molar-refractivity contribution < 1.29 is 14.3 Å². The Labute approximate surface area is 199 Å². The molecule has 3 heterocycles. The number of nitrogens with zero attached hydrogens (tertiary/aromatic N) is 3. The van der Waals surface area contributed by atoms with Gasteiger partial charge in [-0.05, 0) is 37.7 Å². The number of nitrogens with one attached hydrogen (secondary N) is 1. The third-order valence-corrected chi connectivity index (χ3v) is 8.09. The first-order chi connectivity index (χ1) is 16.1. The smallest absolute Gasteiger partial charge is 0.251 e. The number of ether oxygens (including phenoxy) is 1. The van der Waals surface area contributed by atoms with Gasteiger partial charge in [0, 0.05) is 17.0 Å². The summed E-state index contributed by atoms with van der Waals surface area (Å²) in [6, 6.07) is 9.90. The highest BCUT2D eigenvalue weighted by Gasteiger charge is 2.27. The predicted octanol–water partition coefficient (Wildman–Crippen LogP) is 3.50. The van der Waals surface area contributed by atoms with Gasteiger partial charge >= 0.3 is 0 Å². The summed E-state index contributed by atoms with van der Waals surface area (Å²) in [6.07, 6.45) is 4.95. The second kappa shape index (κ2) is 9.66. The minimum atomic E-state index is -0.485. The molecule has 1 aliphatic carbocycles. The van der Waals surface area contributed by atoms with E-state index in [-0.39, 0.29) is 17.8 Å². The highest BCUT2D eigenvalue weighted by Crippen LogP contribution is 2.39. The van der Waals surface area contributed by atoms with Crippen LogP contribution in [0.3, 0.4) is 0 Å². The van der Waals surface area contributed by atoms with Crippen molar-refractivity contribution in [2.75, 3.05) is 17.7 Å². The SMILES string of the molecule is NC(=O)c1c(NC(=O)CSc2nnc(-c3ccccc3)n2C[C@H]2CCCO2)sc2c1CCC2. The van der Waals surface area contributed by atoms with Crippen LogP contribution in [-0.2, 0) is 28.9 Å². The number of fused-ring (bicyclic) bond motifs is 1. The lowest BCUT2D eigenvalue weighted by atomic mass is 10.1. The van der Waals surface area contributed by atoms with Crippen molar-refractivity contribution >= 4 is 39.9 Å². The molecule has 1 fully saturated rings. The summed E-state index contributed by atoms with van der Waals surface area (Å²) in [6.45, 7) is 1.41. The number of nitrogens with two attached hydrogens (primary N) is 1. The number of thiophene rings is 1. The Morgan fingerprint density at radius 1 is 1.21 bits per heavy atom. The lowest BCUT2D eigenvalue weighted by Gasteiger charge is -2.14. The van der Waals surface area contributed by atoms with E-state index >= 15 is 0 Å². The summed E-state index contributed by atoms with van der Waals surface area (Å²) in [4.78, 5) is 25.9. The van der Waals surface area contributed by atoms with E-state index in [0.717, 1.165) is 60.5 Å². The van der Waals surface area contributed by atoms with Gasteiger partial charge in [-0.25, -0.2) is 0 Å².